The highest BCUT2D eigenvalue weighted by atomic mass is 16.5. The van der Waals surface area contributed by atoms with Gasteiger partial charge in [-0.2, -0.15) is 0 Å². The van der Waals surface area contributed by atoms with E-state index in [-0.39, 0.29) is 24.5 Å². The second-order valence-electron chi connectivity index (χ2n) is 7.40. The van der Waals surface area contributed by atoms with E-state index in [0.717, 1.165) is 42.5 Å². The maximum Gasteiger partial charge on any atom is 0.249 e. The van der Waals surface area contributed by atoms with Gasteiger partial charge < -0.3 is 24.7 Å². The van der Waals surface area contributed by atoms with Crippen LogP contribution in [0.3, 0.4) is 0 Å². The first kappa shape index (κ1) is 22.2. The largest absolute Gasteiger partial charge is 0.382 e. The third kappa shape index (κ3) is 6.27. The number of benzene rings is 1. The van der Waals surface area contributed by atoms with Crippen molar-refractivity contribution in [2.24, 2.45) is 0 Å². The lowest BCUT2D eigenvalue weighted by Crippen LogP contribution is -2.35. The van der Waals surface area contributed by atoms with E-state index in [1.165, 1.54) is 0 Å². The molecule has 0 saturated carbocycles. The SMILES string of the molecule is CCOCCCNC(=O)Cn1c(CCCNC(=O)C2CCCO2)nc2ccccc21. The Balaban J connectivity index is 1.53. The fraction of sp³-hybridized carbons (Fsp3) is 0.591. The van der Waals surface area contributed by atoms with Crippen molar-refractivity contribution in [3.63, 3.8) is 0 Å². The van der Waals surface area contributed by atoms with E-state index in [0.29, 0.717) is 39.3 Å². The molecule has 2 heterocycles. The van der Waals surface area contributed by atoms with Crippen molar-refractivity contribution in [2.75, 3.05) is 32.9 Å². The van der Waals surface area contributed by atoms with Crippen molar-refractivity contribution in [2.45, 2.75) is 51.7 Å². The van der Waals surface area contributed by atoms with E-state index in [4.69, 9.17) is 14.5 Å². The molecule has 164 valence electrons. The zero-order valence-electron chi connectivity index (χ0n) is 17.7. The van der Waals surface area contributed by atoms with Crippen LogP contribution in [0.2, 0.25) is 0 Å². The Morgan fingerprint density at radius 3 is 2.87 bits per heavy atom. The molecule has 1 unspecified atom stereocenters. The molecule has 0 aliphatic carbocycles. The smallest absolute Gasteiger partial charge is 0.249 e. The van der Waals surface area contributed by atoms with Crippen molar-refractivity contribution >= 4 is 22.8 Å². The predicted octanol–water partition coefficient (Wildman–Crippen LogP) is 1.81. The van der Waals surface area contributed by atoms with E-state index < -0.39 is 0 Å². The highest BCUT2D eigenvalue weighted by Gasteiger charge is 2.23. The first-order chi connectivity index (χ1) is 14.7. The summed E-state index contributed by atoms with van der Waals surface area (Å²) in [6.07, 6.45) is 3.65. The van der Waals surface area contributed by atoms with Gasteiger partial charge >= 0.3 is 0 Å². The molecule has 1 fully saturated rings. The fourth-order valence-electron chi connectivity index (χ4n) is 3.59. The topological polar surface area (TPSA) is 94.5 Å². The number of hydrogen-bond donors (Lipinski definition) is 2. The van der Waals surface area contributed by atoms with Crippen molar-refractivity contribution in [1.29, 1.82) is 0 Å². The summed E-state index contributed by atoms with van der Waals surface area (Å²) in [7, 11) is 0. The van der Waals surface area contributed by atoms with E-state index in [9.17, 15) is 9.59 Å². The number of ether oxygens (including phenoxy) is 2. The van der Waals surface area contributed by atoms with Crippen LogP contribution >= 0.6 is 0 Å². The highest BCUT2D eigenvalue weighted by Crippen LogP contribution is 2.17. The van der Waals surface area contributed by atoms with Gasteiger partial charge in [-0.25, -0.2) is 4.98 Å². The molecule has 1 saturated heterocycles. The number of nitrogens with zero attached hydrogens (tertiary/aromatic N) is 2. The van der Waals surface area contributed by atoms with Crippen LogP contribution in [-0.2, 0) is 32.0 Å². The lowest BCUT2D eigenvalue weighted by atomic mass is 10.2. The summed E-state index contributed by atoms with van der Waals surface area (Å²) < 4.78 is 12.7. The number of carbonyl (C=O) groups excluding carboxylic acids is 2. The van der Waals surface area contributed by atoms with Crippen molar-refractivity contribution in [3.8, 4) is 0 Å². The van der Waals surface area contributed by atoms with Crippen molar-refractivity contribution in [1.82, 2.24) is 20.2 Å². The summed E-state index contributed by atoms with van der Waals surface area (Å²) in [5, 5.41) is 5.89. The highest BCUT2D eigenvalue weighted by molar-refractivity contribution is 5.81. The Hall–Kier alpha value is -2.45. The van der Waals surface area contributed by atoms with Gasteiger partial charge in [-0.3, -0.25) is 9.59 Å². The molecular formula is C22H32N4O4. The lowest BCUT2D eigenvalue weighted by molar-refractivity contribution is -0.130. The number of amides is 2. The van der Waals surface area contributed by atoms with Gasteiger partial charge in [0.1, 0.15) is 18.5 Å². The Kier molecular flexibility index (Phi) is 8.65. The van der Waals surface area contributed by atoms with E-state index >= 15 is 0 Å². The fourth-order valence-corrected chi connectivity index (χ4v) is 3.59. The number of para-hydroxylation sites is 2. The summed E-state index contributed by atoms with van der Waals surface area (Å²) >= 11 is 0. The summed E-state index contributed by atoms with van der Waals surface area (Å²) in [5.41, 5.74) is 1.82. The minimum Gasteiger partial charge on any atom is -0.382 e. The van der Waals surface area contributed by atoms with Crippen LogP contribution in [0.4, 0.5) is 0 Å². The normalized spacial score (nSPS) is 16.1. The molecule has 1 aromatic carbocycles. The van der Waals surface area contributed by atoms with Crippen LogP contribution in [0.1, 0.15) is 38.4 Å². The van der Waals surface area contributed by atoms with E-state index in [1.807, 2.05) is 35.8 Å². The number of nitrogens with one attached hydrogen (secondary N) is 2. The number of aromatic nitrogens is 2. The molecule has 0 spiro atoms. The van der Waals surface area contributed by atoms with Crippen LogP contribution in [0.25, 0.3) is 11.0 Å². The Bertz CT molecular complexity index is 830. The summed E-state index contributed by atoms with van der Waals surface area (Å²) in [4.78, 5) is 29.2. The number of fused-ring (bicyclic) bond motifs is 1. The zero-order valence-corrected chi connectivity index (χ0v) is 17.7. The molecule has 1 aliphatic rings. The van der Waals surface area contributed by atoms with Gasteiger partial charge in [0.25, 0.3) is 0 Å². The van der Waals surface area contributed by atoms with Crippen LogP contribution in [-0.4, -0.2) is 60.4 Å². The number of rotatable bonds is 12. The molecule has 3 rings (SSSR count). The first-order valence-corrected chi connectivity index (χ1v) is 10.9. The quantitative estimate of drug-likeness (QED) is 0.515. The van der Waals surface area contributed by atoms with Crippen molar-refractivity contribution in [3.05, 3.63) is 30.1 Å². The summed E-state index contributed by atoms with van der Waals surface area (Å²) in [5.74, 6) is 0.780. The molecule has 1 atom stereocenters. The Labute approximate surface area is 177 Å². The molecule has 2 N–H and O–H groups in total. The predicted molar refractivity (Wildman–Crippen MR) is 114 cm³/mol. The molecule has 0 bridgehead atoms. The third-order valence-electron chi connectivity index (χ3n) is 5.13. The van der Waals surface area contributed by atoms with Crippen molar-refractivity contribution < 1.29 is 19.1 Å². The monoisotopic (exact) mass is 416 g/mol. The minimum atomic E-state index is -0.305. The van der Waals surface area contributed by atoms with Gasteiger partial charge in [0, 0.05) is 39.3 Å². The average molecular weight is 417 g/mol. The number of carbonyl (C=O) groups is 2. The minimum absolute atomic E-state index is 0.0348. The summed E-state index contributed by atoms with van der Waals surface area (Å²) in [6.45, 7) is 5.34. The zero-order chi connectivity index (χ0) is 21.2. The lowest BCUT2D eigenvalue weighted by Gasteiger charge is -2.12. The Morgan fingerprint density at radius 1 is 1.23 bits per heavy atom. The van der Waals surface area contributed by atoms with E-state index in [1.54, 1.807) is 0 Å². The van der Waals surface area contributed by atoms with Gasteiger partial charge in [0.05, 0.1) is 11.0 Å². The summed E-state index contributed by atoms with van der Waals surface area (Å²) in [6, 6.07) is 7.83. The molecule has 30 heavy (non-hydrogen) atoms. The number of aryl methyl sites for hydroxylation is 1. The van der Waals surface area contributed by atoms with Gasteiger partial charge in [0.2, 0.25) is 11.8 Å². The molecule has 1 aromatic heterocycles. The van der Waals surface area contributed by atoms with Gasteiger partial charge in [-0.15, -0.1) is 0 Å². The van der Waals surface area contributed by atoms with Gasteiger partial charge in [-0.05, 0) is 44.7 Å². The molecule has 2 amide bonds. The second kappa shape index (κ2) is 11.7. The van der Waals surface area contributed by atoms with Crippen LogP contribution in [0.15, 0.2) is 24.3 Å². The maximum absolute atomic E-state index is 12.4. The van der Waals surface area contributed by atoms with E-state index in [2.05, 4.69) is 10.6 Å². The molecular weight excluding hydrogens is 384 g/mol. The van der Waals surface area contributed by atoms with Crippen LogP contribution in [0.5, 0.6) is 0 Å². The maximum atomic E-state index is 12.4. The molecule has 2 aromatic rings. The second-order valence-corrected chi connectivity index (χ2v) is 7.40. The molecule has 8 nitrogen and oxygen atoms in total. The van der Waals surface area contributed by atoms with Crippen LogP contribution < -0.4 is 10.6 Å². The van der Waals surface area contributed by atoms with Gasteiger partial charge in [-0.1, -0.05) is 12.1 Å². The molecule has 0 radical (unpaired) electrons. The Morgan fingerprint density at radius 2 is 2.07 bits per heavy atom. The number of imidazole rings is 1. The first-order valence-electron chi connectivity index (χ1n) is 10.9. The average Bonchev–Trinajstić information content (AvgIpc) is 3.40. The molecule has 8 heteroatoms. The number of hydrogen-bond acceptors (Lipinski definition) is 5. The third-order valence-corrected chi connectivity index (χ3v) is 5.13. The standard InChI is InChI=1S/C22H32N4O4/c1-2-29-14-7-13-23-21(27)16-26-18-9-4-3-8-17(18)25-20(26)11-5-12-24-22(28)19-10-6-15-30-19/h3-4,8-9,19H,2,5-7,10-16H2,1H3,(H,23,27)(H,24,28). The van der Waals surface area contributed by atoms with Crippen LogP contribution in [0, 0.1) is 0 Å². The van der Waals surface area contributed by atoms with Gasteiger partial charge in [0.15, 0.2) is 0 Å². The molecule has 1 aliphatic heterocycles.